The number of nitrogens with zero attached hydrogens (tertiary/aromatic N) is 6. The maximum Gasteiger partial charge on any atom is 0.190 e. The topological polar surface area (TPSA) is 145 Å². The maximum atomic E-state index is 10.2. The average molecular weight is 270 g/mol. The second-order valence-corrected chi connectivity index (χ2v) is 4.74. The molecule has 0 spiro atoms. The molecule has 0 radical (unpaired) electrons. The Balaban J connectivity index is 2.22. The van der Waals surface area contributed by atoms with Gasteiger partial charge in [0.2, 0.25) is 0 Å². The molecule has 10 nitrogen and oxygen atoms in total. The number of ether oxygens (including phenoxy) is 3. The van der Waals surface area contributed by atoms with E-state index >= 15 is 0 Å². The summed E-state index contributed by atoms with van der Waals surface area (Å²) in [6.07, 6.45) is -3.36. The van der Waals surface area contributed by atoms with Crippen LogP contribution in [0.25, 0.3) is 20.9 Å². The summed E-state index contributed by atoms with van der Waals surface area (Å²) in [6.45, 7) is 3.31. The summed E-state index contributed by atoms with van der Waals surface area (Å²) in [5, 5.41) is 17.1. The van der Waals surface area contributed by atoms with Crippen molar-refractivity contribution in [1.29, 1.82) is 0 Å². The zero-order valence-electron chi connectivity index (χ0n) is 10.4. The number of fused-ring (bicyclic) bond motifs is 1. The van der Waals surface area contributed by atoms with Gasteiger partial charge in [-0.1, -0.05) is 10.2 Å². The van der Waals surface area contributed by atoms with Gasteiger partial charge in [0.25, 0.3) is 0 Å². The van der Waals surface area contributed by atoms with E-state index in [2.05, 4.69) is 20.1 Å². The van der Waals surface area contributed by atoms with E-state index in [1.807, 2.05) is 0 Å². The van der Waals surface area contributed by atoms with Crippen molar-refractivity contribution in [2.24, 2.45) is 10.2 Å². The fourth-order valence-electron chi connectivity index (χ4n) is 2.23. The highest BCUT2D eigenvalue weighted by atomic mass is 16.8. The van der Waals surface area contributed by atoms with Crippen molar-refractivity contribution in [2.75, 3.05) is 6.54 Å². The molecule has 0 bridgehead atoms. The lowest BCUT2D eigenvalue weighted by Gasteiger charge is -2.37. The van der Waals surface area contributed by atoms with Crippen LogP contribution in [0.15, 0.2) is 10.2 Å². The molecule has 0 amide bonds. The van der Waals surface area contributed by atoms with Crippen molar-refractivity contribution >= 4 is 0 Å². The van der Waals surface area contributed by atoms with Gasteiger partial charge < -0.3 is 19.3 Å². The number of aliphatic hydroxyl groups is 1. The zero-order valence-corrected chi connectivity index (χ0v) is 10.4. The minimum absolute atomic E-state index is 0.0652. The van der Waals surface area contributed by atoms with Crippen LogP contribution in [-0.2, 0) is 14.2 Å². The first-order valence-corrected chi connectivity index (χ1v) is 5.73. The molecule has 19 heavy (non-hydrogen) atoms. The Morgan fingerprint density at radius 2 is 2.00 bits per heavy atom. The van der Waals surface area contributed by atoms with Crippen LogP contribution in [0.5, 0.6) is 0 Å². The molecular weight excluding hydrogens is 256 g/mol. The van der Waals surface area contributed by atoms with Crippen LogP contribution in [-0.4, -0.2) is 48.1 Å². The fraction of sp³-hybridized carbons (Fsp3) is 1.00. The highest BCUT2D eigenvalue weighted by Crippen LogP contribution is 2.37. The van der Waals surface area contributed by atoms with Gasteiger partial charge in [0.15, 0.2) is 12.1 Å². The van der Waals surface area contributed by atoms with Crippen LogP contribution in [0.4, 0.5) is 0 Å². The average Bonchev–Trinajstić information content (AvgIpc) is 2.66. The Morgan fingerprint density at radius 1 is 1.26 bits per heavy atom. The van der Waals surface area contributed by atoms with Crippen molar-refractivity contribution in [3.63, 3.8) is 0 Å². The molecule has 0 aromatic rings. The fourth-order valence-corrected chi connectivity index (χ4v) is 2.23. The molecule has 2 saturated heterocycles. The molecule has 0 aromatic carbocycles. The number of azide groups is 2. The van der Waals surface area contributed by atoms with E-state index < -0.39 is 36.4 Å². The van der Waals surface area contributed by atoms with Gasteiger partial charge in [-0.25, -0.2) is 0 Å². The van der Waals surface area contributed by atoms with E-state index in [-0.39, 0.29) is 6.54 Å². The van der Waals surface area contributed by atoms with E-state index in [4.69, 9.17) is 25.3 Å². The van der Waals surface area contributed by atoms with Gasteiger partial charge in [-0.15, -0.1) is 0 Å². The number of hydrogen-bond acceptors (Lipinski definition) is 6. The summed E-state index contributed by atoms with van der Waals surface area (Å²) in [5.41, 5.74) is 16.9. The summed E-state index contributed by atoms with van der Waals surface area (Å²) < 4.78 is 16.5. The van der Waals surface area contributed by atoms with Gasteiger partial charge in [-0.05, 0) is 24.9 Å². The predicted octanol–water partition coefficient (Wildman–Crippen LogP) is 1.21. The highest BCUT2D eigenvalue weighted by molar-refractivity contribution is 4.98. The molecule has 1 N–H and O–H groups in total. The molecule has 10 heteroatoms. The second kappa shape index (κ2) is 5.22. The molecule has 0 saturated carbocycles. The summed E-state index contributed by atoms with van der Waals surface area (Å²) in [7, 11) is 0. The summed E-state index contributed by atoms with van der Waals surface area (Å²) in [4.78, 5) is 5.29. The SMILES string of the molecule is CC1(C)O[C@@H]2O[C@@H](CN=[N+]=[N-])[C@@H](N=[N+]=[N-])[C@H](O)[C@@H]2O1. The van der Waals surface area contributed by atoms with Crippen LogP contribution in [0.3, 0.4) is 0 Å². The lowest BCUT2D eigenvalue weighted by atomic mass is 9.97. The minimum Gasteiger partial charge on any atom is -0.390 e. The van der Waals surface area contributed by atoms with E-state index in [1.54, 1.807) is 13.8 Å². The number of hydrogen-bond donors (Lipinski definition) is 1. The second-order valence-electron chi connectivity index (χ2n) is 4.74. The van der Waals surface area contributed by atoms with Gasteiger partial charge in [0, 0.05) is 9.82 Å². The third-order valence-electron chi connectivity index (χ3n) is 2.97. The van der Waals surface area contributed by atoms with Crippen molar-refractivity contribution in [3.8, 4) is 0 Å². The van der Waals surface area contributed by atoms with Crippen LogP contribution in [0.2, 0.25) is 0 Å². The molecule has 0 aromatic heterocycles. The monoisotopic (exact) mass is 270 g/mol. The van der Waals surface area contributed by atoms with Gasteiger partial charge >= 0.3 is 0 Å². The Morgan fingerprint density at radius 3 is 2.63 bits per heavy atom. The van der Waals surface area contributed by atoms with E-state index in [0.29, 0.717) is 0 Å². The quantitative estimate of drug-likeness (QED) is 0.466. The van der Waals surface area contributed by atoms with Gasteiger partial charge in [-0.2, -0.15) is 0 Å². The first kappa shape index (κ1) is 13.9. The third kappa shape index (κ3) is 2.74. The Labute approximate surface area is 108 Å². The van der Waals surface area contributed by atoms with Crippen LogP contribution in [0.1, 0.15) is 13.8 Å². The number of rotatable bonds is 3. The minimum atomic E-state index is -1.09. The van der Waals surface area contributed by atoms with Gasteiger partial charge in [0.05, 0.1) is 24.8 Å². The van der Waals surface area contributed by atoms with Gasteiger partial charge in [-0.3, -0.25) is 0 Å². The predicted molar refractivity (Wildman–Crippen MR) is 61.7 cm³/mol. The van der Waals surface area contributed by atoms with E-state index in [0.717, 1.165) is 0 Å². The molecule has 5 atom stereocenters. The van der Waals surface area contributed by atoms with Crippen molar-refractivity contribution in [3.05, 3.63) is 20.9 Å². The van der Waals surface area contributed by atoms with Crippen LogP contribution < -0.4 is 0 Å². The highest BCUT2D eigenvalue weighted by Gasteiger charge is 2.53. The third-order valence-corrected chi connectivity index (χ3v) is 2.97. The Hall–Kier alpha value is -1.54. The van der Waals surface area contributed by atoms with Crippen LogP contribution >= 0.6 is 0 Å². The summed E-state index contributed by atoms with van der Waals surface area (Å²) in [6, 6.07) is -0.894. The number of aliphatic hydroxyl groups excluding tert-OH is 1. The smallest absolute Gasteiger partial charge is 0.190 e. The van der Waals surface area contributed by atoms with Crippen molar-refractivity contribution in [1.82, 2.24) is 0 Å². The maximum absolute atomic E-state index is 10.2. The molecule has 0 aliphatic carbocycles. The zero-order chi connectivity index (χ0) is 14.0. The van der Waals surface area contributed by atoms with E-state index in [1.165, 1.54) is 0 Å². The lowest BCUT2D eigenvalue weighted by molar-refractivity contribution is -0.221. The first-order valence-electron chi connectivity index (χ1n) is 5.73. The molecule has 104 valence electrons. The summed E-state index contributed by atoms with van der Waals surface area (Å²) >= 11 is 0. The Kier molecular flexibility index (Phi) is 3.81. The van der Waals surface area contributed by atoms with E-state index in [9.17, 15) is 5.11 Å². The normalized spacial score (nSPS) is 39.8. The molecular formula is C9H14N6O4. The summed E-state index contributed by atoms with van der Waals surface area (Å²) in [5.74, 6) is -0.898. The lowest BCUT2D eigenvalue weighted by Crippen LogP contribution is -2.56. The van der Waals surface area contributed by atoms with Gasteiger partial charge in [0.1, 0.15) is 6.10 Å². The molecule has 2 aliphatic rings. The Bertz CT molecular complexity index is 444. The van der Waals surface area contributed by atoms with Crippen LogP contribution in [0, 0.1) is 0 Å². The standard InChI is InChI=1S/C9H14N6O4/c1-9(2)18-7-6(16)5(13-15-11)4(3-12-14-10)17-8(7)19-9/h4-8,16H,3H2,1-2H3/t4-,5+,6-,7-,8-/m0/s1. The molecule has 0 unspecified atom stereocenters. The molecule has 2 rings (SSSR count). The molecule has 2 fully saturated rings. The molecule has 2 aliphatic heterocycles. The first-order chi connectivity index (χ1) is 8.98. The largest absolute Gasteiger partial charge is 0.390 e. The van der Waals surface area contributed by atoms with Crippen molar-refractivity contribution in [2.45, 2.75) is 50.3 Å². The van der Waals surface area contributed by atoms with Crippen molar-refractivity contribution < 1.29 is 19.3 Å². The molecule has 2 heterocycles.